The first-order valence-electron chi connectivity index (χ1n) is 4.38. The Kier molecular flexibility index (Phi) is 2.27. The van der Waals surface area contributed by atoms with Crippen molar-refractivity contribution in [2.75, 3.05) is 5.73 Å². The lowest BCUT2D eigenvalue weighted by Gasteiger charge is -1.99. The summed E-state index contributed by atoms with van der Waals surface area (Å²) in [6, 6.07) is 7.75. The summed E-state index contributed by atoms with van der Waals surface area (Å²) in [5.74, 6) is 0.454. The first-order chi connectivity index (χ1) is 6.74. The van der Waals surface area contributed by atoms with Gasteiger partial charge in [0.15, 0.2) is 5.95 Å². The van der Waals surface area contributed by atoms with E-state index < -0.39 is 0 Å². The molecule has 0 saturated carbocycles. The van der Waals surface area contributed by atoms with Crippen LogP contribution in [0.1, 0.15) is 11.3 Å². The molecule has 0 amide bonds. The maximum absolute atomic E-state index is 5.58. The van der Waals surface area contributed by atoms with Gasteiger partial charge in [-0.05, 0) is 5.56 Å². The molecule has 1 aromatic heterocycles. The highest BCUT2D eigenvalue weighted by molar-refractivity contribution is 6.32. The van der Waals surface area contributed by atoms with Gasteiger partial charge in [-0.3, -0.25) is 0 Å². The summed E-state index contributed by atoms with van der Waals surface area (Å²) in [6.45, 7) is 0. The van der Waals surface area contributed by atoms with Gasteiger partial charge in [-0.2, -0.15) is 0 Å². The maximum atomic E-state index is 5.58. The van der Waals surface area contributed by atoms with Crippen LogP contribution in [-0.4, -0.2) is 17.8 Å². The van der Waals surface area contributed by atoms with E-state index in [0.29, 0.717) is 5.95 Å². The second-order valence-electron chi connectivity index (χ2n) is 3.21. The van der Waals surface area contributed by atoms with Gasteiger partial charge in [-0.1, -0.05) is 29.7 Å². The van der Waals surface area contributed by atoms with Crippen LogP contribution in [0.25, 0.3) is 0 Å². The Bertz CT molecular complexity index is 419. The summed E-state index contributed by atoms with van der Waals surface area (Å²) in [4.78, 5) is 6.90. The van der Waals surface area contributed by atoms with Crippen molar-refractivity contribution in [3.63, 3.8) is 0 Å². The number of anilines is 1. The average Bonchev–Trinajstić information content (AvgIpc) is 2.56. The molecule has 0 saturated heterocycles. The number of rotatable bonds is 2. The number of H-pyrrole nitrogens is 1. The van der Waals surface area contributed by atoms with Gasteiger partial charge in [0, 0.05) is 12.1 Å². The Morgan fingerprint density at radius 1 is 1.29 bits per heavy atom. The number of nitrogens with one attached hydrogen (secondary N) is 1. The van der Waals surface area contributed by atoms with E-state index in [1.165, 1.54) is 5.56 Å². The lowest BCUT2D eigenvalue weighted by atomic mass is 9.94. The lowest BCUT2D eigenvalue weighted by Crippen LogP contribution is -2.00. The van der Waals surface area contributed by atoms with E-state index in [-0.39, 0.29) is 0 Å². The number of aromatic nitrogens is 2. The van der Waals surface area contributed by atoms with E-state index in [2.05, 4.69) is 9.97 Å². The third-order valence-electron chi connectivity index (χ3n) is 2.02. The van der Waals surface area contributed by atoms with Crippen LogP contribution in [0.5, 0.6) is 0 Å². The molecule has 2 rings (SSSR count). The van der Waals surface area contributed by atoms with Crippen LogP contribution in [0.4, 0.5) is 5.95 Å². The van der Waals surface area contributed by atoms with Crippen molar-refractivity contribution in [2.24, 2.45) is 0 Å². The van der Waals surface area contributed by atoms with Crippen molar-refractivity contribution in [3.8, 4) is 0 Å². The van der Waals surface area contributed by atoms with Crippen LogP contribution in [0.15, 0.2) is 30.5 Å². The van der Waals surface area contributed by atoms with Crippen molar-refractivity contribution < 1.29 is 0 Å². The largest absolute Gasteiger partial charge is 0.369 e. The van der Waals surface area contributed by atoms with Gasteiger partial charge in [-0.15, -0.1) is 0 Å². The third-order valence-corrected chi connectivity index (χ3v) is 2.02. The van der Waals surface area contributed by atoms with Crippen LogP contribution >= 0.6 is 0 Å². The van der Waals surface area contributed by atoms with E-state index in [1.807, 2.05) is 24.3 Å². The van der Waals surface area contributed by atoms with Crippen molar-refractivity contribution in [1.82, 2.24) is 9.97 Å². The van der Waals surface area contributed by atoms with Crippen LogP contribution in [-0.2, 0) is 6.42 Å². The quantitative estimate of drug-likeness (QED) is 0.661. The average molecular weight is 183 g/mol. The molecule has 1 heterocycles. The predicted molar refractivity (Wildman–Crippen MR) is 57.6 cm³/mol. The van der Waals surface area contributed by atoms with E-state index in [1.54, 1.807) is 6.20 Å². The van der Waals surface area contributed by atoms with E-state index in [4.69, 9.17) is 13.6 Å². The van der Waals surface area contributed by atoms with E-state index >= 15 is 0 Å². The second-order valence-corrected chi connectivity index (χ2v) is 3.21. The third kappa shape index (κ3) is 1.96. The molecule has 0 fully saturated rings. The van der Waals surface area contributed by atoms with Crippen molar-refractivity contribution in [3.05, 3.63) is 41.7 Å². The number of nitrogens with zero attached hydrogens (tertiary/aromatic N) is 1. The van der Waals surface area contributed by atoms with Crippen LogP contribution in [0, 0.1) is 0 Å². The molecule has 68 valence electrons. The smallest absolute Gasteiger partial charge is 0.197 e. The summed E-state index contributed by atoms with van der Waals surface area (Å²) in [5.41, 5.74) is 8.44. The van der Waals surface area contributed by atoms with Gasteiger partial charge in [0.2, 0.25) is 0 Å². The van der Waals surface area contributed by atoms with Gasteiger partial charge in [0.05, 0.1) is 6.20 Å². The Balaban J connectivity index is 2.15. The number of nitrogen functional groups attached to an aromatic ring is 1. The molecule has 2 radical (unpaired) electrons. The predicted octanol–water partition coefficient (Wildman–Crippen LogP) is 0.376. The van der Waals surface area contributed by atoms with Gasteiger partial charge in [0.1, 0.15) is 7.85 Å². The Morgan fingerprint density at radius 2 is 2.00 bits per heavy atom. The molecule has 2 aromatic rings. The molecule has 0 aliphatic rings. The molecule has 1 aromatic carbocycles. The molecule has 0 aliphatic carbocycles. The van der Waals surface area contributed by atoms with Gasteiger partial charge >= 0.3 is 0 Å². The number of imidazole rings is 1. The summed E-state index contributed by atoms with van der Waals surface area (Å²) < 4.78 is 0. The fourth-order valence-electron chi connectivity index (χ4n) is 1.32. The molecular weight excluding hydrogens is 173 g/mol. The second kappa shape index (κ2) is 3.58. The highest BCUT2D eigenvalue weighted by Gasteiger charge is 1.98. The molecule has 4 heteroatoms. The van der Waals surface area contributed by atoms with E-state index in [9.17, 15) is 0 Å². The standard InChI is InChI=1S/C10H10BN3/c11-8-3-1-7(2-4-8)5-9-6-13-10(12)14-9/h1-4,6H,5H2,(H3,12,13,14). The minimum absolute atomic E-state index is 0.454. The minimum Gasteiger partial charge on any atom is -0.369 e. The maximum Gasteiger partial charge on any atom is 0.197 e. The molecule has 0 atom stereocenters. The van der Waals surface area contributed by atoms with Gasteiger partial charge < -0.3 is 10.7 Å². The van der Waals surface area contributed by atoms with Gasteiger partial charge in [-0.25, -0.2) is 4.98 Å². The van der Waals surface area contributed by atoms with Crippen molar-refractivity contribution in [2.45, 2.75) is 6.42 Å². The van der Waals surface area contributed by atoms with Crippen LogP contribution in [0.3, 0.4) is 0 Å². The summed E-state index contributed by atoms with van der Waals surface area (Å²) >= 11 is 0. The first-order valence-corrected chi connectivity index (χ1v) is 4.38. The zero-order valence-corrected chi connectivity index (χ0v) is 7.70. The number of aromatic amines is 1. The normalized spacial score (nSPS) is 10.3. The fraction of sp³-hybridized carbons (Fsp3) is 0.100. The van der Waals surface area contributed by atoms with Crippen LogP contribution in [0.2, 0.25) is 0 Å². The summed E-state index contributed by atoms with van der Waals surface area (Å²) in [7, 11) is 5.58. The molecule has 3 N–H and O–H groups in total. The minimum atomic E-state index is 0.454. The first kappa shape index (κ1) is 8.87. The van der Waals surface area contributed by atoms with Crippen LogP contribution < -0.4 is 11.2 Å². The molecule has 0 aliphatic heterocycles. The summed E-state index contributed by atoms with van der Waals surface area (Å²) in [6.07, 6.45) is 2.54. The van der Waals surface area contributed by atoms with Crippen molar-refractivity contribution in [1.29, 1.82) is 0 Å². The highest BCUT2D eigenvalue weighted by atomic mass is 15.0. The number of hydrogen-bond donors (Lipinski definition) is 2. The highest BCUT2D eigenvalue weighted by Crippen LogP contribution is 2.06. The molecular formula is C10H10BN3. The van der Waals surface area contributed by atoms with Crippen molar-refractivity contribution >= 4 is 19.3 Å². The summed E-state index contributed by atoms with van der Waals surface area (Å²) in [5, 5.41) is 0. The number of hydrogen-bond acceptors (Lipinski definition) is 2. The Morgan fingerprint density at radius 3 is 2.57 bits per heavy atom. The zero-order valence-electron chi connectivity index (χ0n) is 7.70. The monoisotopic (exact) mass is 183 g/mol. The van der Waals surface area contributed by atoms with E-state index in [0.717, 1.165) is 17.6 Å². The molecule has 0 spiro atoms. The SMILES string of the molecule is [B]c1ccc(Cc2cnc(N)[nH]2)cc1. The lowest BCUT2D eigenvalue weighted by molar-refractivity contribution is 1.11. The zero-order chi connectivity index (χ0) is 9.97. The molecule has 3 nitrogen and oxygen atoms in total. The van der Waals surface area contributed by atoms with Gasteiger partial charge in [0.25, 0.3) is 0 Å². The number of benzene rings is 1. The fourth-order valence-corrected chi connectivity index (χ4v) is 1.32. The molecule has 0 bridgehead atoms. The topological polar surface area (TPSA) is 54.7 Å². The molecule has 0 unspecified atom stereocenters. The Labute approximate surface area is 83.8 Å². The Hall–Kier alpha value is -1.71. The number of nitrogens with two attached hydrogens (primary N) is 1. The molecule has 14 heavy (non-hydrogen) atoms.